The van der Waals surface area contributed by atoms with Gasteiger partial charge in [0.05, 0.1) is 11.4 Å². The number of esters is 1. The van der Waals surface area contributed by atoms with Gasteiger partial charge in [0.1, 0.15) is 13.1 Å². The van der Waals surface area contributed by atoms with E-state index in [2.05, 4.69) is 10.0 Å². The van der Waals surface area contributed by atoms with Gasteiger partial charge >= 0.3 is 5.97 Å². The number of hydrogen-bond acceptors (Lipinski definition) is 6. The lowest BCUT2D eigenvalue weighted by Crippen LogP contribution is -2.44. The van der Waals surface area contributed by atoms with Gasteiger partial charge in [0.25, 0.3) is 5.91 Å². The minimum absolute atomic E-state index is 0.204. The largest absolute Gasteiger partial charge is 0.455 e. The van der Waals surface area contributed by atoms with Crippen LogP contribution in [-0.4, -0.2) is 45.9 Å². The molecule has 2 aromatic carbocycles. The molecule has 0 aliphatic carbocycles. The Hall–Kier alpha value is -3.50. The van der Waals surface area contributed by atoms with E-state index in [1.165, 1.54) is 11.0 Å². The van der Waals surface area contributed by atoms with E-state index < -0.39 is 35.1 Å². The van der Waals surface area contributed by atoms with Gasteiger partial charge in [0.15, 0.2) is 6.61 Å². The SMILES string of the molecule is O=C1CN(C(=O)COC(=O)CNS(=O)(=O)C=Cc2ccccc2)c2ccccc2N1. The summed E-state index contributed by atoms with van der Waals surface area (Å²) in [6.45, 7) is -1.46. The average molecular weight is 429 g/mol. The van der Waals surface area contributed by atoms with Crippen molar-refractivity contribution < 1.29 is 27.5 Å². The molecule has 0 unspecified atom stereocenters. The highest BCUT2D eigenvalue weighted by atomic mass is 32.2. The van der Waals surface area contributed by atoms with Crippen LogP contribution in [0.3, 0.4) is 0 Å². The summed E-state index contributed by atoms with van der Waals surface area (Å²) in [7, 11) is -3.86. The van der Waals surface area contributed by atoms with E-state index in [1.54, 1.807) is 54.6 Å². The van der Waals surface area contributed by atoms with Gasteiger partial charge in [-0.25, -0.2) is 13.1 Å². The maximum absolute atomic E-state index is 12.4. The van der Waals surface area contributed by atoms with Crippen molar-refractivity contribution >= 4 is 45.3 Å². The normalized spacial score (nSPS) is 13.6. The topological polar surface area (TPSA) is 122 Å². The molecule has 3 rings (SSSR count). The van der Waals surface area contributed by atoms with Gasteiger partial charge in [-0.05, 0) is 23.8 Å². The standard InChI is InChI=1S/C20H19N3O6S/c24-18-13-23(17-9-5-4-8-16(17)22-18)19(25)14-29-20(26)12-21-30(27,28)11-10-15-6-2-1-3-7-15/h1-11,21H,12-14H2,(H,22,24). The van der Waals surface area contributed by atoms with Crippen molar-refractivity contribution in [3.8, 4) is 0 Å². The number of hydrogen-bond donors (Lipinski definition) is 2. The molecule has 2 amide bonds. The van der Waals surface area contributed by atoms with E-state index in [0.717, 1.165) is 5.41 Å². The Morgan fingerprint density at radius 1 is 1.10 bits per heavy atom. The zero-order valence-electron chi connectivity index (χ0n) is 15.8. The number of nitrogens with zero attached hydrogens (tertiary/aromatic N) is 1. The molecule has 30 heavy (non-hydrogen) atoms. The van der Waals surface area contributed by atoms with Gasteiger partial charge in [-0.2, -0.15) is 0 Å². The van der Waals surface area contributed by atoms with Crippen LogP contribution >= 0.6 is 0 Å². The summed E-state index contributed by atoms with van der Waals surface area (Å²) in [4.78, 5) is 37.2. The van der Waals surface area contributed by atoms with Crippen molar-refractivity contribution in [1.29, 1.82) is 0 Å². The molecule has 1 aliphatic heterocycles. The van der Waals surface area contributed by atoms with Gasteiger partial charge in [0.2, 0.25) is 15.9 Å². The molecule has 0 bridgehead atoms. The number of amides is 2. The maximum Gasteiger partial charge on any atom is 0.321 e. The number of para-hydroxylation sites is 2. The number of carbonyl (C=O) groups is 3. The quantitative estimate of drug-likeness (QED) is 0.636. The monoisotopic (exact) mass is 429 g/mol. The minimum Gasteiger partial charge on any atom is -0.455 e. The van der Waals surface area contributed by atoms with Crippen LogP contribution in [0.4, 0.5) is 11.4 Å². The first kappa shape index (κ1) is 21.2. The van der Waals surface area contributed by atoms with Crippen molar-refractivity contribution in [2.75, 3.05) is 29.9 Å². The first-order valence-electron chi connectivity index (χ1n) is 8.92. The number of carbonyl (C=O) groups excluding carboxylic acids is 3. The van der Waals surface area contributed by atoms with E-state index in [-0.39, 0.29) is 12.5 Å². The summed E-state index contributed by atoms with van der Waals surface area (Å²) in [5, 5.41) is 3.58. The van der Waals surface area contributed by atoms with E-state index >= 15 is 0 Å². The van der Waals surface area contributed by atoms with Gasteiger partial charge in [-0.3, -0.25) is 19.3 Å². The Morgan fingerprint density at radius 2 is 1.80 bits per heavy atom. The molecule has 0 saturated heterocycles. The Bertz CT molecular complexity index is 1080. The molecule has 0 saturated carbocycles. The Balaban J connectivity index is 1.50. The highest BCUT2D eigenvalue weighted by Gasteiger charge is 2.27. The molecule has 1 aliphatic rings. The van der Waals surface area contributed by atoms with Gasteiger partial charge in [0, 0.05) is 5.41 Å². The Kier molecular flexibility index (Phi) is 6.60. The summed E-state index contributed by atoms with van der Waals surface area (Å²) in [6, 6.07) is 15.5. The van der Waals surface area contributed by atoms with E-state index in [9.17, 15) is 22.8 Å². The van der Waals surface area contributed by atoms with Gasteiger partial charge in [-0.15, -0.1) is 0 Å². The number of rotatable bonds is 7. The maximum atomic E-state index is 12.4. The zero-order chi connectivity index (χ0) is 21.6. The van der Waals surface area contributed by atoms with Crippen molar-refractivity contribution in [2.24, 2.45) is 0 Å². The molecule has 10 heteroatoms. The Morgan fingerprint density at radius 3 is 2.57 bits per heavy atom. The minimum atomic E-state index is -3.86. The lowest BCUT2D eigenvalue weighted by Gasteiger charge is -2.28. The summed E-state index contributed by atoms with van der Waals surface area (Å²) in [6.07, 6.45) is 1.38. The fourth-order valence-corrected chi connectivity index (χ4v) is 3.42. The predicted octanol–water partition coefficient (Wildman–Crippen LogP) is 1.11. The van der Waals surface area contributed by atoms with Crippen LogP contribution in [0.5, 0.6) is 0 Å². The molecule has 1 heterocycles. The number of nitrogens with one attached hydrogen (secondary N) is 2. The summed E-state index contributed by atoms with van der Waals surface area (Å²) >= 11 is 0. The number of ether oxygens (including phenoxy) is 1. The van der Waals surface area contributed by atoms with Crippen molar-refractivity contribution in [3.05, 3.63) is 65.6 Å². The van der Waals surface area contributed by atoms with E-state index in [0.29, 0.717) is 16.9 Å². The average Bonchev–Trinajstić information content (AvgIpc) is 2.75. The fraction of sp³-hybridized carbons (Fsp3) is 0.150. The highest BCUT2D eigenvalue weighted by Crippen LogP contribution is 2.28. The van der Waals surface area contributed by atoms with Gasteiger partial charge < -0.3 is 10.1 Å². The second-order valence-electron chi connectivity index (χ2n) is 6.29. The zero-order valence-corrected chi connectivity index (χ0v) is 16.6. The molecule has 9 nitrogen and oxygen atoms in total. The predicted molar refractivity (Wildman–Crippen MR) is 111 cm³/mol. The first-order valence-corrected chi connectivity index (χ1v) is 10.5. The Labute approximate surface area is 173 Å². The van der Waals surface area contributed by atoms with Crippen molar-refractivity contribution in [2.45, 2.75) is 0 Å². The number of fused-ring (bicyclic) bond motifs is 1. The smallest absolute Gasteiger partial charge is 0.321 e. The lowest BCUT2D eigenvalue weighted by molar-refractivity contribution is -0.146. The van der Waals surface area contributed by atoms with Crippen LogP contribution in [0.15, 0.2) is 60.0 Å². The molecule has 156 valence electrons. The van der Waals surface area contributed by atoms with Crippen LogP contribution in [0.2, 0.25) is 0 Å². The number of benzene rings is 2. The summed E-state index contributed by atoms with van der Waals surface area (Å²) in [5.74, 6) is -1.89. The fourth-order valence-electron chi connectivity index (χ4n) is 2.67. The number of anilines is 2. The van der Waals surface area contributed by atoms with Crippen LogP contribution in [0, 0.1) is 0 Å². The molecule has 0 fully saturated rings. The molecule has 0 aromatic heterocycles. The second kappa shape index (κ2) is 9.33. The van der Waals surface area contributed by atoms with E-state index in [4.69, 9.17) is 4.74 Å². The second-order valence-corrected chi connectivity index (χ2v) is 7.94. The molecular weight excluding hydrogens is 410 g/mol. The third kappa shape index (κ3) is 5.75. The molecule has 0 atom stereocenters. The van der Waals surface area contributed by atoms with Gasteiger partial charge in [-0.1, -0.05) is 42.5 Å². The molecular formula is C20H19N3O6S. The van der Waals surface area contributed by atoms with Crippen molar-refractivity contribution in [3.63, 3.8) is 0 Å². The van der Waals surface area contributed by atoms with Crippen LogP contribution < -0.4 is 14.9 Å². The summed E-state index contributed by atoms with van der Waals surface area (Å²) < 4.78 is 30.8. The lowest BCUT2D eigenvalue weighted by atomic mass is 10.2. The summed E-state index contributed by atoms with van der Waals surface area (Å²) in [5.41, 5.74) is 1.65. The molecule has 0 spiro atoms. The molecule has 2 N–H and O–H groups in total. The first-order chi connectivity index (χ1) is 14.3. The van der Waals surface area contributed by atoms with Crippen LogP contribution in [0.1, 0.15) is 5.56 Å². The molecule has 0 radical (unpaired) electrons. The third-order valence-electron chi connectivity index (χ3n) is 4.09. The number of sulfonamides is 1. The molecule has 2 aromatic rings. The van der Waals surface area contributed by atoms with Crippen LogP contribution in [-0.2, 0) is 29.1 Å². The highest BCUT2D eigenvalue weighted by molar-refractivity contribution is 7.92. The van der Waals surface area contributed by atoms with E-state index in [1.807, 2.05) is 0 Å². The van der Waals surface area contributed by atoms with Crippen molar-refractivity contribution in [1.82, 2.24) is 4.72 Å². The third-order valence-corrected chi connectivity index (χ3v) is 5.13. The van der Waals surface area contributed by atoms with Crippen LogP contribution in [0.25, 0.3) is 6.08 Å².